The number of likely N-dealkylation sites (N-methyl/N-ethyl adjacent to an activating group) is 1. The van der Waals surface area contributed by atoms with Gasteiger partial charge in [-0.3, -0.25) is 0 Å². The van der Waals surface area contributed by atoms with E-state index in [4.69, 9.17) is 4.74 Å². The predicted octanol–water partition coefficient (Wildman–Crippen LogP) is 1.06. The zero-order valence-corrected chi connectivity index (χ0v) is 14.5. The Kier molecular flexibility index (Phi) is 4.64. The Morgan fingerprint density at radius 3 is 2.79 bits per heavy atom. The highest BCUT2D eigenvalue weighted by Gasteiger charge is 2.28. The van der Waals surface area contributed by atoms with Crippen molar-refractivity contribution in [2.45, 2.75) is 12.5 Å². The molecule has 2 aromatic rings. The Morgan fingerprint density at radius 2 is 2.04 bits per heavy atom. The highest BCUT2D eigenvalue weighted by atomic mass is 16.5. The lowest BCUT2D eigenvalue weighted by Gasteiger charge is -2.26. The van der Waals surface area contributed by atoms with Gasteiger partial charge in [-0.05, 0) is 12.5 Å². The van der Waals surface area contributed by atoms with Gasteiger partial charge in [0.15, 0.2) is 0 Å². The first-order valence-corrected chi connectivity index (χ1v) is 7.92. The molecule has 1 saturated heterocycles. The van der Waals surface area contributed by atoms with E-state index in [0.717, 1.165) is 37.1 Å². The average molecular weight is 329 g/mol. The highest BCUT2D eigenvalue weighted by molar-refractivity contribution is 5.46. The number of hydrogen-bond acceptors (Lipinski definition) is 8. The molecule has 0 saturated carbocycles. The van der Waals surface area contributed by atoms with E-state index in [9.17, 15) is 0 Å². The van der Waals surface area contributed by atoms with Gasteiger partial charge in [0.1, 0.15) is 18.0 Å². The minimum Gasteiger partial charge on any atom is -0.481 e. The second kappa shape index (κ2) is 6.86. The molecule has 128 valence electrons. The van der Waals surface area contributed by atoms with Crippen molar-refractivity contribution in [3.8, 4) is 5.88 Å². The summed E-state index contributed by atoms with van der Waals surface area (Å²) >= 11 is 0. The van der Waals surface area contributed by atoms with Gasteiger partial charge in [0.25, 0.3) is 0 Å². The van der Waals surface area contributed by atoms with Gasteiger partial charge in [-0.15, -0.1) is 0 Å². The Labute approximate surface area is 142 Å². The molecular formula is C16H23N7O. The summed E-state index contributed by atoms with van der Waals surface area (Å²) in [5.41, 5.74) is 0. The number of ether oxygens (including phenoxy) is 1. The summed E-state index contributed by atoms with van der Waals surface area (Å²) in [5, 5.41) is 0. The Bertz CT molecular complexity index is 694. The largest absolute Gasteiger partial charge is 0.481 e. The lowest BCUT2D eigenvalue weighted by Crippen LogP contribution is -2.36. The number of anilines is 3. The van der Waals surface area contributed by atoms with Crippen LogP contribution in [-0.4, -0.2) is 67.3 Å². The second-order valence-electron chi connectivity index (χ2n) is 6.03. The van der Waals surface area contributed by atoms with Crippen LogP contribution in [0.1, 0.15) is 6.42 Å². The van der Waals surface area contributed by atoms with Gasteiger partial charge >= 0.3 is 0 Å². The van der Waals surface area contributed by atoms with E-state index in [1.807, 2.05) is 38.2 Å². The molecular weight excluding hydrogens is 306 g/mol. The van der Waals surface area contributed by atoms with Crippen LogP contribution in [0.25, 0.3) is 0 Å². The van der Waals surface area contributed by atoms with Crippen LogP contribution in [0.4, 0.5) is 17.6 Å². The smallest absolute Gasteiger partial charge is 0.227 e. The van der Waals surface area contributed by atoms with E-state index in [1.54, 1.807) is 13.3 Å². The molecule has 1 aliphatic rings. The van der Waals surface area contributed by atoms with Crippen molar-refractivity contribution in [1.82, 2.24) is 19.9 Å². The van der Waals surface area contributed by atoms with Crippen LogP contribution in [0, 0.1) is 0 Å². The third-order valence-electron chi connectivity index (χ3n) is 4.27. The molecule has 2 aromatic heterocycles. The molecule has 3 heterocycles. The van der Waals surface area contributed by atoms with E-state index in [2.05, 4.69) is 29.7 Å². The maximum Gasteiger partial charge on any atom is 0.227 e. The summed E-state index contributed by atoms with van der Waals surface area (Å²) in [6.07, 6.45) is 4.36. The van der Waals surface area contributed by atoms with Crippen LogP contribution in [0.15, 0.2) is 24.7 Å². The summed E-state index contributed by atoms with van der Waals surface area (Å²) in [4.78, 5) is 23.8. The average Bonchev–Trinajstić information content (AvgIpc) is 3.11. The number of methoxy groups -OCH3 is 1. The number of hydrogen-bond donors (Lipinski definition) is 0. The molecule has 0 bridgehead atoms. The summed E-state index contributed by atoms with van der Waals surface area (Å²) in [7, 11) is 7.61. The molecule has 1 fully saturated rings. The van der Waals surface area contributed by atoms with E-state index in [-0.39, 0.29) is 0 Å². The third-order valence-corrected chi connectivity index (χ3v) is 4.27. The first kappa shape index (κ1) is 16.2. The second-order valence-corrected chi connectivity index (χ2v) is 6.03. The number of aromatic nitrogens is 4. The molecule has 8 heteroatoms. The molecule has 0 N–H and O–H groups in total. The van der Waals surface area contributed by atoms with Crippen molar-refractivity contribution in [2.24, 2.45) is 0 Å². The normalized spacial score (nSPS) is 17.0. The molecule has 1 aliphatic heterocycles. The zero-order chi connectivity index (χ0) is 17.1. The first-order chi connectivity index (χ1) is 11.6. The minimum absolute atomic E-state index is 0.336. The molecule has 24 heavy (non-hydrogen) atoms. The Hall–Kier alpha value is -2.64. The van der Waals surface area contributed by atoms with Gasteiger partial charge < -0.3 is 19.4 Å². The van der Waals surface area contributed by atoms with Gasteiger partial charge in [-0.25, -0.2) is 15.0 Å². The predicted molar refractivity (Wildman–Crippen MR) is 94.0 cm³/mol. The minimum atomic E-state index is 0.336. The molecule has 1 unspecified atom stereocenters. The van der Waals surface area contributed by atoms with Crippen molar-refractivity contribution in [3.63, 3.8) is 0 Å². The SMILES string of the molecule is COc1cc(N2CCC(N(C)c3nccc(N(C)C)n3)C2)ncn1. The molecule has 3 rings (SSSR count). The van der Waals surface area contributed by atoms with E-state index < -0.39 is 0 Å². The molecule has 8 nitrogen and oxygen atoms in total. The third kappa shape index (κ3) is 3.32. The van der Waals surface area contributed by atoms with Gasteiger partial charge in [0, 0.05) is 46.5 Å². The molecule has 0 amide bonds. The van der Waals surface area contributed by atoms with Crippen LogP contribution in [0.2, 0.25) is 0 Å². The van der Waals surface area contributed by atoms with Gasteiger partial charge in [0.2, 0.25) is 11.8 Å². The van der Waals surface area contributed by atoms with E-state index >= 15 is 0 Å². The van der Waals surface area contributed by atoms with Gasteiger partial charge in [0.05, 0.1) is 13.2 Å². The van der Waals surface area contributed by atoms with Crippen LogP contribution in [-0.2, 0) is 0 Å². The molecule has 0 radical (unpaired) electrons. The van der Waals surface area contributed by atoms with Gasteiger partial charge in [-0.1, -0.05) is 0 Å². The van der Waals surface area contributed by atoms with Gasteiger partial charge in [-0.2, -0.15) is 4.98 Å². The monoisotopic (exact) mass is 329 g/mol. The lowest BCUT2D eigenvalue weighted by atomic mass is 10.2. The molecule has 1 atom stereocenters. The van der Waals surface area contributed by atoms with Crippen LogP contribution in [0.5, 0.6) is 5.88 Å². The fourth-order valence-corrected chi connectivity index (χ4v) is 2.80. The zero-order valence-electron chi connectivity index (χ0n) is 14.5. The summed E-state index contributed by atoms with van der Waals surface area (Å²) < 4.78 is 5.18. The highest BCUT2D eigenvalue weighted by Crippen LogP contribution is 2.24. The number of rotatable bonds is 5. The van der Waals surface area contributed by atoms with E-state index in [1.165, 1.54) is 6.33 Å². The van der Waals surface area contributed by atoms with Crippen molar-refractivity contribution < 1.29 is 4.74 Å². The maximum atomic E-state index is 5.18. The Morgan fingerprint density at radius 1 is 1.21 bits per heavy atom. The van der Waals surface area contributed by atoms with Crippen molar-refractivity contribution >= 4 is 17.6 Å². The summed E-state index contributed by atoms with van der Waals surface area (Å²) in [5.74, 6) is 3.12. The quantitative estimate of drug-likeness (QED) is 0.806. The first-order valence-electron chi connectivity index (χ1n) is 7.92. The molecule has 0 spiro atoms. The van der Waals surface area contributed by atoms with Crippen LogP contribution < -0.4 is 19.4 Å². The fraction of sp³-hybridized carbons (Fsp3) is 0.500. The van der Waals surface area contributed by atoms with Crippen LogP contribution >= 0.6 is 0 Å². The van der Waals surface area contributed by atoms with E-state index in [0.29, 0.717) is 11.9 Å². The standard InChI is InChI=1S/C16H23N7O/c1-21(2)13-5-7-17-16(20-13)22(3)12-6-8-23(10-12)14-9-15(24-4)19-11-18-14/h5,7,9,11-12H,6,8,10H2,1-4H3. The summed E-state index contributed by atoms with van der Waals surface area (Å²) in [6.45, 7) is 1.80. The number of nitrogens with zero attached hydrogens (tertiary/aromatic N) is 7. The van der Waals surface area contributed by atoms with Crippen molar-refractivity contribution in [3.05, 3.63) is 24.7 Å². The molecule has 0 aliphatic carbocycles. The Balaban J connectivity index is 1.71. The fourth-order valence-electron chi connectivity index (χ4n) is 2.80. The summed E-state index contributed by atoms with van der Waals surface area (Å²) in [6, 6.07) is 4.11. The van der Waals surface area contributed by atoms with Crippen LogP contribution in [0.3, 0.4) is 0 Å². The molecule has 0 aromatic carbocycles. The topological polar surface area (TPSA) is 70.5 Å². The van der Waals surface area contributed by atoms with Crippen molar-refractivity contribution in [2.75, 3.05) is 56.0 Å². The van der Waals surface area contributed by atoms with Crippen molar-refractivity contribution in [1.29, 1.82) is 0 Å². The maximum absolute atomic E-state index is 5.18. The lowest BCUT2D eigenvalue weighted by molar-refractivity contribution is 0.397.